The molecule has 2 atom stereocenters. The molecule has 3 nitrogen and oxygen atoms in total. The Morgan fingerprint density at radius 3 is 2.72 bits per heavy atom. The number of primary amides is 1. The minimum Gasteiger partial charge on any atom is -0.369 e. The van der Waals surface area contributed by atoms with E-state index in [9.17, 15) is 4.79 Å². The van der Waals surface area contributed by atoms with E-state index in [-0.39, 0.29) is 11.8 Å². The second-order valence-electron chi connectivity index (χ2n) is 5.31. The van der Waals surface area contributed by atoms with Crippen molar-refractivity contribution in [2.24, 2.45) is 17.6 Å². The highest BCUT2D eigenvalue weighted by molar-refractivity contribution is 5.77. The first-order valence-electron chi connectivity index (χ1n) is 6.72. The molecule has 0 aromatic heterocycles. The van der Waals surface area contributed by atoms with Crippen molar-refractivity contribution in [1.82, 2.24) is 4.90 Å². The van der Waals surface area contributed by atoms with Crippen LogP contribution in [0, 0.1) is 11.8 Å². The molecule has 3 heteroatoms. The van der Waals surface area contributed by atoms with Crippen molar-refractivity contribution in [2.45, 2.75) is 19.8 Å². The van der Waals surface area contributed by atoms with Crippen LogP contribution in [0.1, 0.15) is 18.9 Å². The van der Waals surface area contributed by atoms with Gasteiger partial charge < -0.3 is 10.6 Å². The second kappa shape index (κ2) is 6.01. The van der Waals surface area contributed by atoms with Gasteiger partial charge in [0.1, 0.15) is 0 Å². The third-order valence-corrected chi connectivity index (χ3v) is 3.91. The number of rotatable bonds is 4. The zero-order chi connectivity index (χ0) is 13.0. The molecule has 1 fully saturated rings. The average molecular weight is 246 g/mol. The van der Waals surface area contributed by atoms with Crippen molar-refractivity contribution >= 4 is 5.91 Å². The maximum atomic E-state index is 11.3. The van der Waals surface area contributed by atoms with Gasteiger partial charge in [-0.05, 0) is 30.9 Å². The Labute approximate surface area is 109 Å². The average Bonchev–Trinajstić information content (AvgIpc) is 2.37. The molecule has 0 saturated carbocycles. The molecule has 18 heavy (non-hydrogen) atoms. The zero-order valence-corrected chi connectivity index (χ0v) is 11.0. The molecule has 0 radical (unpaired) electrons. The summed E-state index contributed by atoms with van der Waals surface area (Å²) >= 11 is 0. The van der Waals surface area contributed by atoms with Crippen molar-refractivity contribution < 1.29 is 4.79 Å². The smallest absolute Gasteiger partial charge is 0.220 e. The molecular formula is C15H22N2O. The van der Waals surface area contributed by atoms with Gasteiger partial charge in [0.25, 0.3) is 0 Å². The predicted molar refractivity (Wildman–Crippen MR) is 73.1 cm³/mol. The molecule has 0 spiro atoms. The Kier molecular flexibility index (Phi) is 4.37. The summed E-state index contributed by atoms with van der Waals surface area (Å²) < 4.78 is 0. The molecule has 1 heterocycles. The van der Waals surface area contributed by atoms with Gasteiger partial charge in [-0.3, -0.25) is 4.79 Å². The molecule has 0 bridgehead atoms. The topological polar surface area (TPSA) is 46.3 Å². The SMILES string of the molecule is CC1CN(CCc2ccccc2)CCC1C(N)=O. The predicted octanol–water partition coefficient (Wildman–Crippen LogP) is 1.67. The van der Waals surface area contributed by atoms with Crippen LogP contribution < -0.4 is 5.73 Å². The number of benzene rings is 1. The van der Waals surface area contributed by atoms with Gasteiger partial charge in [-0.25, -0.2) is 0 Å². The molecule has 1 aromatic rings. The van der Waals surface area contributed by atoms with E-state index in [4.69, 9.17) is 5.73 Å². The number of likely N-dealkylation sites (tertiary alicyclic amines) is 1. The standard InChI is InChI=1S/C15H22N2O/c1-12-11-17(10-8-14(12)15(16)18)9-7-13-5-3-2-4-6-13/h2-6,12,14H,7-11H2,1H3,(H2,16,18). The lowest BCUT2D eigenvalue weighted by Crippen LogP contribution is -2.44. The number of amides is 1. The first kappa shape index (κ1) is 13.1. The highest BCUT2D eigenvalue weighted by Gasteiger charge is 2.29. The number of carbonyl (C=O) groups excluding carboxylic acids is 1. The number of piperidine rings is 1. The van der Waals surface area contributed by atoms with E-state index in [1.807, 2.05) is 6.07 Å². The van der Waals surface area contributed by atoms with Crippen LogP contribution in [0.25, 0.3) is 0 Å². The number of hydrogen-bond donors (Lipinski definition) is 1. The quantitative estimate of drug-likeness (QED) is 0.878. The van der Waals surface area contributed by atoms with Crippen LogP contribution in [0.5, 0.6) is 0 Å². The third-order valence-electron chi connectivity index (χ3n) is 3.91. The van der Waals surface area contributed by atoms with E-state index >= 15 is 0 Å². The first-order chi connectivity index (χ1) is 8.66. The highest BCUT2D eigenvalue weighted by atomic mass is 16.1. The lowest BCUT2D eigenvalue weighted by Gasteiger charge is -2.35. The number of nitrogens with zero attached hydrogens (tertiary/aromatic N) is 1. The van der Waals surface area contributed by atoms with E-state index in [1.54, 1.807) is 0 Å². The molecule has 2 N–H and O–H groups in total. The van der Waals surface area contributed by atoms with E-state index in [0.717, 1.165) is 32.5 Å². The Morgan fingerprint density at radius 1 is 1.39 bits per heavy atom. The van der Waals surface area contributed by atoms with Gasteiger partial charge in [0.15, 0.2) is 0 Å². The van der Waals surface area contributed by atoms with Crippen molar-refractivity contribution in [3.05, 3.63) is 35.9 Å². The lowest BCUT2D eigenvalue weighted by molar-refractivity contribution is -0.125. The van der Waals surface area contributed by atoms with Crippen LogP contribution >= 0.6 is 0 Å². The molecular weight excluding hydrogens is 224 g/mol. The minimum absolute atomic E-state index is 0.0676. The normalized spacial score (nSPS) is 24.9. The molecule has 1 aromatic carbocycles. The summed E-state index contributed by atoms with van der Waals surface area (Å²) in [7, 11) is 0. The summed E-state index contributed by atoms with van der Waals surface area (Å²) in [5.41, 5.74) is 6.79. The first-order valence-corrected chi connectivity index (χ1v) is 6.72. The Balaban J connectivity index is 1.81. The van der Waals surface area contributed by atoms with Gasteiger partial charge in [0, 0.05) is 19.0 Å². The summed E-state index contributed by atoms with van der Waals surface area (Å²) in [6.07, 6.45) is 1.99. The van der Waals surface area contributed by atoms with Crippen molar-refractivity contribution in [1.29, 1.82) is 0 Å². The van der Waals surface area contributed by atoms with Gasteiger partial charge >= 0.3 is 0 Å². The van der Waals surface area contributed by atoms with E-state index < -0.39 is 0 Å². The fourth-order valence-electron chi connectivity index (χ4n) is 2.79. The van der Waals surface area contributed by atoms with Gasteiger partial charge in [-0.2, -0.15) is 0 Å². The molecule has 1 aliphatic heterocycles. The second-order valence-corrected chi connectivity index (χ2v) is 5.31. The maximum Gasteiger partial charge on any atom is 0.220 e. The molecule has 1 saturated heterocycles. The van der Waals surface area contributed by atoms with E-state index in [2.05, 4.69) is 36.1 Å². The lowest BCUT2D eigenvalue weighted by atomic mass is 9.86. The summed E-state index contributed by atoms with van der Waals surface area (Å²) in [6, 6.07) is 10.5. The van der Waals surface area contributed by atoms with E-state index in [0.29, 0.717) is 5.92 Å². The summed E-state index contributed by atoms with van der Waals surface area (Å²) in [5.74, 6) is 0.315. The summed E-state index contributed by atoms with van der Waals surface area (Å²) in [5, 5.41) is 0. The number of carbonyl (C=O) groups is 1. The summed E-state index contributed by atoms with van der Waals surface area (Å²) in [4.78, 5) is 13.7. The molecule has 2 unspecified atom stereocenters. The van der Waals surface area contributed by atoms with Gasteiger partial charge in [-0.15, -0.1) is 0 Å². The fraction of sp³-hybridized carbons (Fsp3) is 0.533. The van der Waals surface area contributed by atoms with Gasteiger partial charge in [-0.1, -0.05) is 37.3 Å². The van der Waals surface area contributed by atoms with Crippen molar-refractivity contribution in [3.63, 3.8) is 0 Å². The molecule has 98 valence electrons. The maximum absolute atomic E-state index is 11.3. The van der Waals surface area contributed by atoms with Crippen LogP contribution in [-0.2, 0) is 11.2 Å². The van der Waals surface area contributed by atoms with Crippen molar-refractivity contribution in [2.75, 3.05) is 19.6 Å². The van der Waals surface area contributed by atoms with Crippen LogP contribution in [0.3, 0.4) is 0 Å². The number of hydrogen-bond acceptors (Lipinski definition) is 2. The zero-order valence-electron chi connectivity index (χ0n) is 11.0. The van der Waals surface area contributed by atoms with Crippen LogP contribution in [-0.4, -0.2) is 30.4 Å². The Morgan fingerprint density at radius 2 is 2.11 bits per heavy atom. The van der Waals surface area contributed by atoms with Crippen LogP contribution in [0.15, 0.2) is 30.3 Å². The molecule has 2 rings (SSSR count). The molecule has 0 aliphatic carbocycles. The molecule has 1 aliphatic rings. The van der Waals surface area contributed by atoms with Gasteiger partial charge in [0.05, 0.1) is 0 Å². The highest BCUT2D eigenvalue weighted by Crippen LogP contribution is 2.22. The Bertz CT molecular complexity index is 391. The summed E-state index contributed by atoms with van der Waals surface area (Å²) in [6.45, 7) is 5.18. The largest absolute Gasteiger partial charge is 0.369 e. The molecule has 1 amide bonds. The third kappa shape index (κ3) is 3.33. The van der Waals surface area contributed by atoms with Crippen LogP contribution in [0.2, 0.25) is 0 Å². The van der Waals surface area contributed by atoms with E-state index in [1.165, 1.54) is 5.56 Å². The number of nitrogens with two attached hydrogens (primary N) is 1. The minimum atomic E-state index is -0.134. The van der Waals surface area contributed by atoms with Gasteiger partial charge in [0.2, 0.25) is 5.91 Å². The fourth-order valence-corrected chi connectivity index (χ4v) is 2.79. The monoisotopic (exact) mass is 246 g/mol. The van der Waals surface area contributed by atoms with Crippen LogP contribution in [0.4, 0.5) is 0 Å². The van der Waals surface area contributed by atoms with Crippen molar-refractivity contribution in [3.8, 4) is 0 Å². The Hall–Kier alpha value is -1.35.